The molecule has 158 valence electrons. The standard InChI is InChI=1S/C23H21ClN4O2S/c1-3-13-28-22(30)19-15-17(24)10-11-20(19)26-23(28)31-16(2)21(29)27(14-7-12-25)18-8-5-4-6-9-18/h3-6,8-11,15-16H,1,7,13-14H2,2H3. The first-order valence-corrected chi connectivity index (χ1v) is 10.9. The smallest absolute Gasteiger partial charge is 0.262 e. The second kappa shape index (κ2) is 10.3. The van der Waals surface area contributed by atoms with Gasteiger partial charge in [-0.15, -0.1) is 6.58 Å². The van der Waals surface area contributed by atoms with E-state index in [1.807, 2.05) is 30.3 Å². The summed E-state index contributed by atoms with van der Waals surface area (Å²) in [4.78, 5) is 32.5. The van der Waals surface area contributed by atoms with Crippen LogP contribution in [0.5, 0.6) is 0 Å². The highest BCUT2D eigenvalue weighted by atomic mass is 35.5. The Balaban J connectivity index is 1.96. The van der Waals surface area contributed by atoms with Gasteiger partial charge in [-0.25, -0.2) is 4.98 Å². The first-order chi connectivity index (χ1) is 15.0. The van der Waals surface area contributed by atoms with Gasteiger partial charge in [0, 0.05) is 23.8 Å². The number of carbonyl (C=O) groups is 1. The van der Waals surface area contributed by atoms with Crippen LogP contribution in [0.3, 0.4) is 0 Å². The minimum atomic E-state index is -0.536. The molecule has 1 amide bonds. The van der Waals surface area contributed by atoms with E-state index in [-0.39, 0.29) is 31.0 Å². The van der Waals surface area contributed by atoms with E-state index in [2.05, 4.69) is 17.6 Å². The van der Waals surface area contributed by atoms with E-state index in [4.69, 9.17) is 16.9 Å². The minimum absolute atomic E-state index is 0.165. The van der Waals surface area contributed by atoms with Crippen LogP contribution in [0.25, 0.3) is 10.9 Å². The van der Waals surface area contributed by atoms with Gasteiger partial charge in [0.15, 0.2) is 5.16 Å². The second-order valence-electron chi connectivity index (χ2n) is 6.75. The molecule has 8 heteroatoms. The average Bonchev–Trinajstić information content (AvgIpc) is 2.77. The van der Waals surface area contributed by atoms with Crippen molar-refractivity contribution in [3.63, 3.8) is 0 Å². The van der Waals surface area contributed by atoms with Crippen LogP contribution in [-0.4, -0.2) is 27.3 Å². The first kappa shape index (κ1) is 22.6. The molecule has 0 fully saturated rings. The molecule has 0 aliphatic heterocycles. The Labute approximate surface area is 189 Å². The van der Waals surface area contributed by atoms with E-state index in [0.29, 0.717) is 21.1 Å². The molecule has 1 unspecified atom stereocenters. The van der Waals surface area contributed by atoms with Gasteiger partial charge in [0.25, 0.3) is 5.56 Å². The average molecular weight is 453 g/mol. The molecule has 1 atom stereocenters. The van der Waals surface area contributed by atoms with Gasteiger partial charge in [-0.1, -0.05) is 47.6 Å². The number of hydrogen-bond acceptors (Lipinski definition) is 5. The first-order valence-electron chi connectivity index (χ1n) is 9.67. The van der Waals surface area contributed by atoms with Gasteiger partial charge in [-0.3, -0.25) is 14.2 Å². The van der Waals surface area contributed by atoms with Crippen molar-refractivity contribution in [3.8, 4) is 6.07 Å². The number of aromatic nitrogens is 2. The monoisotopic (exact) mass is 452 g/mol. The number of fused-ring (bicyclic) bond motifs is 1. The van der Waals surface area contributed by atoms with Gasteiger partial charge in [0.1, 0.15) is 0 Å². The molecular weight excluding hydrogens is 432 g/mol. The molecule has 2 aromatic carbocycles. The number of amides is 1. The molecule has 1 aromatic heterocycles. The third-order valence-electron chi connectivity index (χ3n) is 4.60. The Kier molecular flexibility index (Phi) is 7.50. The lowest BCUT2D eigenvalue weighted by molar-refractivity contribution is -0.117. The lowest BCUT2D eigenvalue weighted by atomic mass is 10.2. The number of hydrogen-bond donors (Lipinski definition) is 0. The number of para-hydroxylation sites is 1. The fourth-order valence-corrected chi connectivity index (χ4v) is 4.27. The summed E-state index contributed by atoms with van der Waals surface area (Å²) in [6.45, 7) is 6.04. The number of benzene rings is 2. The summed E-state index contributed by atoms with van der Waals surface area (Å²) < 4.78 is 1.49. The van der Waals surface area contributed by atoms with E-state index in [0.717, 1.165) is 5.69 Å². The number of rotatable bonds is 8. The largest absolute Gasteiger partial charge is 0.310 e. The molecule has 3 aromatic rings. The maximum absolute atomic E-state index is 13.3. The number of nitrogens with zero attached hydrogens (tertiary/aromatic N) is 4. The molecule has 31 heavy (non-hydrogen) atoms. The van der Waals surface area contributed by atoms with Gasteiger partial charge in [0.2, 0.25) is 5.91 Å². The zero-order chi connectivity index (χ0) is 22.4. The molecule has 3 rings (SSSR count). The van der Waals surface area contributed by atoms with Crippen LogP contribution in [-0.2, 0) is 11.3 Å². The molecule has 0 radical (unpaired) electrons. The summed E-state index contributed by atoms with van der Waals surface area (Å²) in [5, 5.41) is 9.76. The van der Waals surface area contributed by atoms with Crippen LogP contribution in [0, 0.1) is 11.3 Å². The molecule has 0 saturated heterocycles. The van der Waals surface area contributed by atoms with E-state index in [1.54, 1.807) is 36.1 Å². The summed E-state index contributed by atoms with van der Waals surface area (Å²) in [7, 11) is 0. The third kappa shape index (κ3) is 5.16. The number of thioether (sulfide) groups is 1. The Bertz CT molecular complexity index is 1200. The van der Waals surface area contributed by atoms with E-state index in [1.165, 1.54) is 16.3 Å². The van der Waals surface area contributed by atoms with Crippen LogP contribution in [0.15, 0.2) is 71.1 Å². The molecule has 1 heterocycles. The lowest BCUT2D eigenvalue weighted by Gasteiger charge is -2.25. The number of anilines is 1. The van der Waals surface area contributed by atoms with E-state index < -0.39 is 5.25 Å². The number of nitriles is 1. The number of halogens is 1. The predicted octanol–water partition coefficient (Wildman–Crippen LogP) is 4.66. The highest BCUT2D eigenvalue weighted by molar-refractivity contribution is 8.00. The fourth-order valence-electron chi connectivity index (χ4n) is 3.12. The molecule has 0 saturated carbocycles. The summed E-state index contributed by atoms with van der Waals surface area (Å²) in [6, 6.07) is 16.3. The number of allylic oxidation sites excluding steroid dienone is 1. The zero-order valence-corrected chi connectivity index (χ0v) is 18.6. The Morgan fingerprint density at radius 1 is 1.35 bits per heavy atom. The van der Waals surface area contributed by atoms with Crippen molar-refractivity contribution in [3.05, 3.63) is 76.6 Å². The van der Waals surface area contributed by atoms with E-state index >= 15 is 0 Å². The summed E-state index contributed by atoms with van der Waals surface area (Å²) >= 11 is 7.25. The summed E-state index contributed by atoms with van der Waals surface area (Å²) in [5.74, 6) is -0.165. The Morgan fingerprint density at radius 2 is 2.10 bits per heavy atom. The van der Waals surface area contributed by atoms with Crippen molar-refractivity contribution in [1.82, 2.24) is 9.55 Å². The van der Waals surface area contributed by atoms with Gasteiger partial charge in [-0.05, 0) is 37.3 Å². The molecule has 0 bridgehead atoms. The van der Waals surface area contributed by atoms with Gasteiger partial charge < -0.3 is 4.90 Å². The van der Waals surface area contributed by atoms with Crippen molar-refractivity contribution in [2.45, 2.75) is 30.3 Å². The molecule has 6 nitrogen and oxygen atoms in total. The Hall–Kier alpha value is -3.08. The topological polar surface area (TPSA) is 79.0 Å². The highest BCUT2D eigenvalue weighted by Crippen LogP contribution is 2.26. The number of carbonyl (C=O) groups excluding carboxylic acids is 1. The summed E-state index contributed by atoms with van der Waals surface area (Å²) in [5.41, 5.74) is 1.000. The van der Waals surface area contributed by atoms with Crippen molar-refractivity contribution in [1.29, 1.82) is 5.26 Å². The second-order valence-corrected chi connectivity index (χ2v) is 8.50. The molecule has 0 aliphatic carbocycles. The quantitative estimate of drug-likeness (QED) is 0.282. The molecular formula is C23H21ClN4O2S. The van der Waals surface area contributed by atoms with E-state index in [9.17, 15) is 9.59 Å². The van der Waals surface area contributed by atoms with Gasteiger partial charge in [0.05, 0.1) is 28.6 Å². The Morgan fingerprint density at radius 3 is 2.77 bits per heavy atom. The van der Waals surface area contributed by atoms with Gasteiger partial charge >= 0.3 is 0 Å². The van der Waals surface area contributed by atoms with Crippen LogP contribution in [0.1, 0.15) is 13.3 Å². The predicted molar refractivity (Wildman–Crippen MR) is 126 cm³/mol. The SMILES string of the molecule is C=CCn1c(SC(C)C(=O)N(CCC#N)c2ccccc2)nc2ccc(Cl)cc2c1=O. The maximum Gasteiger partial charge on any atom is 0.262 e. The van der Waals surface area contributed by atoms with Crippen molar-refractivity contribution < 1.29 is 4.79 Å². The maximum atomic E-state index is 13.3. The zero-order valence-electron chi connectivity index (χ0n) is 17.0. The summed E-state index contributed by atoms with van der Waals surface area (Å²) in [6.07, 6.45) is 1.83. The minimum Gasteiger partial charge on any atom is -0.310 e. The lowest BCUT2D eigenvalue weighted by Crippen LogP contribution is -2.37. The van der Waals surface area contributed by atoms with Crippen LogP contribution >= 0.6 is 23.4 Å². The van der Waals surface area contributed by atoms with Crippen LogP contribution < -0.4 is 10.5 Å². The molecule has 0 aliphatic rings. The van der Waals surface area contributed by atoms with Crippen molar-refractivity contribution in [2.24, 2.45) is 0 Å². The van der Waals surface area contributed by atoms with Crippen LogP contribution in [0.2, 0.25) is 5.02 Å². The highest BCUT2D eigenvalue weighted by Gasteiger charge is 2.25. The van der Waals surface area contributed by atoms with Crippen molar-refractivity contribution in [2.75, 3.05) is 11.4 Å². The van der Waals surface area contributed by atoms with Gasteiger partial charge in [-0.2, -0.15) is 5.26 Å². The normalized spacial score (nSPS) is 11.6. The molecule has 0 spiro atoms. The molecule has 0 N–H and O–H groups in total. The van der Waals surface area contributed by atoms with Crippen molar-refractivity contribution >= 4 is 45.9 Å². The fraction of sp³-hybridized carbons (Fsp3) is 0.217. The third-order valence-corrected chi connectivity index (χ3v) is 5.92. The van der Waals surface area contributed by atoms with Crippen LogP contribution in [0.4, 0.5) is 5.69 Å².